The first-order valence-electron chi connectivity index (χ1n) is 9.29. The molecule has 0 aliphatic carbocycles. The second-order valence-corrected chi connectivity index (χ2v) is 7.65. The Hall–Kier alpha value is -2.44. The highest BCUT2D eigenvalue weighted by Crippen LogP contribution is 2.31. The summed E-state index contributed by atoms with van der Waals surface area (Å²) in [5, 5.41) is 1.97. The van der Waals surface area contributed by atoms with Crippen LogP contribution < -0.4 is 11.5 Å². The molecule has 5 nitrogen and oxygen atoms in total. The summed E-state index contributed by atoms with van der Waals surface area (Å²) in [4.78, 5) is 20.5. The number of carbonyl (C=O) groups is 1. The molecule has 0 radical (unpaired) electrons. The second kappa shape index (κ2) is 8.97. The Labute approximate surface area is 164 Å². The minimum atomic E-state index is 0.0299. The summed E-state index contributed by atoms with van der Waals surface area (Å²) in [5.74, 6) is 0.511. The second-order valence-electron chi connectivity index (χ2n) is 6.70. The maximum absolute atomic E-state index is 13.2. The number of hydrogen-bond acceptors (Lipinski definition) is 5. The molecule has 0 unspecified atom stereocenters. The van der Waals surface area contributed by atoms with E-state index in [2.05, 4.69) is 36.2 Å². The Kier molecular flexibility index (Phi) is 6.42. The predicted molar refractivity (Wildman–Crippen MR) is 113 cm³/mol. The lowest BCUT2D eigenvalue weighted by Crippen LogP contribution is -2.33. The van der Waals surface area contributed by atoms with Gasteiger partial charge in [-0.05, 0) is 48.0 Å². The first-order valence-corrected chi connectivity index (χ1v) is 10.2. The number of hydrogen-bond donors (Lipinski definition) is 2. The lowest BCUT2D eigenvalue weighted by Gasteiger charge is -2.23. The zero-order valence-corrected chi connectivity index (χ0v) is 16.5. The summed E-state index contributed by atoms with van der Waals surface area (Å²) in [6.07, 6.45) is 4.10. The molecule has 0 atom stereocenters. The molecule has 1 aliphatic heterocycles. The molecule has 0 spiro atoms. The fourth-order valence-corrected chi connectivity index (χ4v) is 3.96. The molecule has 2 aromatic rings. The molecule has 4 N–H and O–H groups in total. The van der Waals surface area contributed by atoms with Crippen LogP contribution in [0.5, 0.6) is 0 Å². The molecule has 0 saturated carbocycles. The number of amides is 1. The van der Waals surface area contributed by atoms with E-state index >= 15 is 0 Å². The van der Waals surface area contributed by atoms with E-state index in [9.17, 15) is 4.79 Å². The molecule has 1 aliphatic rings. The van der Waals surface area contributed by atoms with Crippen molar-refractivity contribution in [2.24, 2.45) is 16.5 Å². The summed E-state index contributed by atoms with van der Waals surface area (Å²) in [7, 11) is 0. The van der Waals surface area contributed by atoms with Crippen LogP contribution in [0.3, 0.4) is 0 Å². The maximum Gasteiger partial charge on any atom is 0.250 e. The Bertz CT molecular complexity index is 851. The highest BCUT2D eigenvalue weighted by molar-refractivity contribution is 7.11. The predicted octanol–water partition coefficient (Wildman–Crippen LogP) is 3.46. The van der Waals surface area contributed by atoms with Gasteiger partial charge in [-0.3, -0.25) is 4.79 Å². The van der Waals surface area contributed by atoms with Gasteiger partial charge in [-0.1, -0.05) is 31.2 Å². The van der Waals surface area contributed by atoms with Gasteiger partial charge in [0.15, 0.2) is 0 Å². The number of aliphatic imine (C=N–C) groups is 1. The fraction of sp³-hybridized carbons (Fsp3) is 0.333. The van der Waals surface area contributed by atoms with Gasteiger partial charge in [0.2, 0.25) is 0 Å². The molecule has 142 valence electrons. The van der Waals surface area contributed by atoms with Crippen LogP contribution in [0.2, 0.25) is 0 Å². The van der Waals surface area contributed by atoms with Crippen LogP contribution in [0.25, 0.3) is 6.08 Å². The van der Waals surface area contributed by atoms with Crippen molar-refractivity contribution in [1.82, 2.24) is 4.90 Å². The van der Waals surface area contributed by atoms with Gasteiger partial charge < -0.3 is 16.4 Å². The van der Waals surface area contributed by atoms with Gasteiger partial charge in [0, 0.05) is 25.1 Å². The average Bonchev–Trinajstić information content (AvgIpc) is 3.01. The Morgan fingerprint density at radius 1 is 1.22 bits per heavy atom. The molecule has 0 bridgehead atoms. The molecule has 2 heterocycles. The molecule has 27 heavy (non-hydrogen) atoms. The van der Waals surface area contributed by atoms with E-state index in [4.69, 9.17) is 11.5 Å². The number of thiophene rings is 1. The topological polar surface area (TPSA) is 84.7 Å². The normalized spacial score (nSPS) is 13.4. The van der Waals surface area contributed by atoms with Gasteiger partial charge in [-0.2, -0.15) is 0 Å². The lowest BCUT2D eigenvalue weighted by atomic mass is 10.1. The van der Waals surface area contributed by atoms with Crippen LogP contribution in [-0.2, 0) is 17.8 Å². The van der Waals surface area contributed by atoms with E-state index < -0.39 is 0 Å². The summed E-state index contributed by atoms with van der Waals surface area (Å²) in [5.41, 5.74) is 15.5. The maximum atomic E-state index is 13.2. The van der Waals surface area contributed by atoms with Crippen LogP contribution in [-0.4, -0.2) is 29.7 Å². The summed E-state index contributed by atoms with van der Waals surface area (Å²) >= 11 is 1.58. The number of amidine groups is 1. The number of nitrogens with two attached hydrogens (primary N) is 2. The van der Waals surface area contributed by atoms with E-state index in [0.29, 0.717) is 37.5 Å². The van der Waals surface area contributed by atoms with Gasteiger partial charge in [0.05, 0.1) is 10.6 Å². The van der Waals surface area contributed by atoms with Gasteiger partial charge in [0.1, 0.15) is 5.84 Å². The van der Waals surface area contributed by atoms with E-state index in [1.165, 1.54) is 5.56 Å². The standard InChI is InChI=1S/C21H26N4OS/c1-2-10-25(14-16-5-3-15(4-6-16)7-9-22)21(26)17-12-19-18(8-11-27-19)24-20(23)13-17/h3-6,8,11-12H,2,7,9-10,13-14,22H2,1H3,(H2,23,24). The highest BCUT2D eigenvalue weighted by Gasteiger charge is 2.21. The van der Waals surface area contributed by atoms with Crippen molar-refractivity contribution in [2.75, 3.05) is 13.1 Å². The van der Waals surface area contributed by atoms with Gasteiger partial charge in [-0.15, -0.1) is 11.3 Å². The molecule has 1 aromatic carbocycles. The third-order valence-corrected chi connectivity index (χ3v) is 5.35. The third-order valence-electron chi connectivity index (χ3n) is 4.50. The molecular formula is C21H26N4OS. The summed E-state index contributed by atoms with van der Waals surface area (Å²) < 4.78 is 0. The molecule has 1 aromatic heterocycles. The minimum absolute atomic E-state index is 0.0299. The zero-order chi connectivity index (χ0) is 19.2. The Morgan fingerprint density at radius 2 is 1.96 bits per heavy atom. The molecule has 0 saturated heterocycles. The van der Waals surface area contributed by atoms with Crippen molar-refractivity contribution in [1.29, 1.82) is 0 Å². The van der Waals surface area contributed by atoms with Crippen LogP contribution in [0.15, 0.2) is 46.3 Å². The number of fused-ring (bicyclic) bond motifs is 1. The fourth-order valence-electron chi connectivity index (χ4n) is 3.17. The molecule has 0 fully saturated rings. The summed E-state index contributed by atoms with van der Waals surface area (Å²) in [6, 6.07) is 10.3. The van der Waals surface area contributed by atoms with Crippen molar-refractivity contribution in [3.05, 3.63) is 57.3 Å². The van der Waals surface area contributed by atoms with Crippen molar-refractivity contribution in [3.63, 3.8) is 0 Å². The molecule has 3 rings (SSSR count). The first kappa shape index (κ1) is 19.3. The SMILES string of the molecule is CCCN(Cc1ccc(CCN)cc1)C(=O)C1=Cc2sccc2N=C(N)C1. The van der Waals surface area contributed by atoms with Crippen molar-refractivity contribution >= 4 is 34.8 Å². The largest absolute Gasteiger partial charge is 0.387 e. The number of carbonyl (C=O) groups excluding carboxylic acids is 1. The average molecular weight is 383 g/mol. The van der Waals surface area contributed by atoms with Crippen LogP contribution in [0.1, 0.15) is 35.8 Å². The molecule has 6 heteroatoms. The van der Waals surface area contributed by atoms with Crippen LogP contribution in [0.4, 0.5) is 5.69 Å². The van der Waals surface area contributed by atoms with Crippen molar-refractivity contribution < 1.29 is 4.79 Å². The Balaban J connectivity index is 1.80. The van der Waals surface area contributed by atoms with E-state index in [0.717, 1.165) is 29.0 Å². The van der Waals surface area contributed by atoms with E-state index in [1.54, 1.807) is 11.3 Å². The molecular weight excluding hydrogens is 356 g/mol. The monoisotopic (exact) mass is 382 g/mol. The quantitative estimate of drug-likeness (QED) is 0.769. The van der Waals surface area contributed by atoms with Gasteiger partial charge >= 0.3 is 0 Å². The van der Waals surface area contributed by atoms with E-state index in [1.807, 2.05) is 22.4 Å². The summed E-state index contributed by atoms with van der Waals surface area (Å²) in [6.45, 7) is 4.01. The number of nitrogens with zero attached hydrogens (tertiary/aromatic N) is 2. The van der Waals surface area contributed by atoms with E-state index in [-0.39, 0.29) is 5.91 Å². The highest BCUT2D eigenvalue weighted by atomic mass is 32.1. The van der Waals surface area contributed by atoms with Gasteiger partial charge in [0.25, 0.3) is 5.91 Å². The smallest absolute Gasteiger partial charge is 0.250 e. The lowest BCUT2D eigenvalue weighted by molar-refractivity contribution is -0.127. The third kappa shape index (κ3) is 4.84. The molecule has 1 amide bonds. The number of rotatable bonds is 7. The number of benzene rings is 1. The van der Waals surface area contributed by atoms with Crippen LogP contribution in [0, 0.1) is 0 Å². The minimum Gasteiger partial charge on any atom is -0.387 e. The Morgan fingerprint density at radius 3 is 2.67 bits per heavy atom. The van der Waals surface area contributed by atoms with Crippen LogP contribution >= 0.6 is 11.3 Å². The van der Waals surface area contributed by atoms with Crippen molar-refractivity contribution in [3.8, 4) is 0 Å². The van der Waals surface area contributed by atoms with Gasteiger partial charge in [-0.25, -0.2) is 4.99 Å². The van der Waals surface area contributed by atoms with Crippen molar-refractivity contribution in [2.45, 2.75) is 32.7 Å². The zero-order valence-electron chi connectivity index (χ0n) is 15.6. The first-order chi connectivity index (χ1) is 13.1.